The molecule has 2 radical (unpaired) electrons. The Morgan fingerprint density at radius 1 is 0.426 bits per heavy atom. The van der Waals surface area contributed by atoms with Crippen LogP contribution in [-0.2, 0) is 50.0 Å². The molecule has 0 aliphatic rings. The molecule has 254 valence electrons. The molecule has 0 spiro atoms. The maximum Gasteiger partial charge on any atom is 0.0894 e. The molecule has 0 aliphatic carbocycles. The van der Waals surface area contributed by atoms with Gasteiger partial charge in [-0.2, -0.15) is 0 Å². The van der Waals surface area contributed by atoms with E-state index in [0.717, 1.165) is 51.8 Å². The van der Waals surface area contributed by atoms with Gasteiger partial charge in [0.05, 0.1) is 45.6 Å². The van der Waals surface area contributed by atoms with Gasteiger partial charge in [-0.1, -0.05) is 36.4 Å². The molecule has 0 aliphatic heterocycles. The van der Waals surface area contributed by atoms with Crippen LogP contribution < -0.4 is 0 Å². The van der Waals surface area contributed by atoms with Crippen LogP contribution >= 0.6 is 58.8 Å². The Labute approximate surface area is 338 Å². The fourth-order valence-corrected chi connectivity index (χ4v) is 3.50. The molecule has 6 aromatic rings. The maximum absolute atomic E-state index is 6.03. The van der Waals surface area contributed by atoms with Crippen LogP contribution in [0.25, 0.3) is 45.6 Å². The van der Waals surface area contributed by atoms with Crippen molar-refractivity contribution in [2.45, 2.75) is 0 Å². The van der Waals surface area contributed by atoms with Crippen molar-refractivity contribution in [2.24, 2.45) is 0 Å². The third-order valence-corrected chi connectivity index (χ3v) is 5.28. The van der Waals surface area contributed by atoms with Crippen molar-refractivity contribution >= 4 is 71.2 Å². The maximum atomic E-state index is 6.03. The van der Waals surface area contributed by atoms with Crippen LogP contribution in [0.2, 0.25) is 0 Å². The standard InChI is InChI=1S/2C15H11N3.C2H3N2.2BrH.2ClH.2Co.Ni/c2*1-3-10-16-12(6-1)14-8-5-9-15(18-14)13-7-2-4-11-17-13;3-1-2-4;;;;;;;/h2*1-11H;1,3-4H;4*1H;;;/q;;-1;;;;;;;. The number of rotatable bonds is 5. The van der Waals surface area contributed by atoms with Crippen molar-refractivity contribution < 1.29 is 50.0 Å². The van der Waals surface area contributed by atoms with Crippen molar-refractivity contribution in [3.63, 3.8) is 0 Å². The number of nitrogens with zero attached hydrogens (tertiary/aromatic N) is 6. The van der Waals surface area contributed by atoms with Crippen LogP contribution in [0.5, 0.6) is 0 Å². The van der Waals surface area contributed by atoms with Gasteiger partial charge in [0.1, 0.15) is 0 Å². The van der Waals surface area contributed by atoms with Gasteiger partial charge in [0.15, 0.2) is 0 Å². The minimum absolute atomic E-state index is 0. The first-order chi connectivity index (χ1) is 19.8. The fraction of sp³-hybridized carbons (Fsp3) is 0. The van der Waals surface area contributed by atoms with Crippen LogP contribution in [0, 0.1) is 10.8 Å². The molecule has 6 aromatic heterocycles. The number of halogens is 4. The van der Waals surface area contributed by atoms with Gasteiger partial charge in [0.2, 0.25) is 0 Å². The van der Waals surface area contributed by atoms with E-state index in [9.17, 15) is 0 Å². The van der Waals surface area contributed by atoms with Gasteiger partial charge < -0.3 is 17.0 Å². The van der Waals surface area contributed by atoms with Crippen LogP contribution in [0.1, 0.15) is 0 Å². The monoisotopic (exact) mass is 929 g/mol. The van der Waals surface area contributed by atoms with E-state index in [-0.39, 0.29) is 109 Å². The average Bonchev–Trinajstić information content (AvgIpc) is 3.07. The van der Waals surface area contributed by atoms with Crippen LogP contribution in [0.15, 0.2) is 134 Å². The van der Waals surface area contributed by atoms with Crippen molar-refractivity contribution in [3.8, 4) is 45.6 Å². The molecule has 0 amide bonds. The third kappa shape index (κ3) is 16.8. The largest absolute Gasteiger partial charge is 0.513 e. The van der Waals surface area contributed by atoms with E-state index in [2.05, 4.69) is 29.9 Å². The minimum Gasteiger partial charge on any atom is -0.513 e. The van der Waals surface area contributed by atoms with E-state index in [1.807, 2.05) is 109 Å². The molecule has 0 unspecified atom stereocenters. The summed E-state index contributed by atoms with van der Waals surface area (Å²) in [6, 6.07) is 35.0. The number of aromatic nitrogens is 6. The molecule has 0 saturated heterocycles. The minimum atomic E-state index is 0. The van der Waals surface area contributed by atoms with Crippen molar-refractivity contribution in [3.05, 3.63) is 134 Å². The van der Waals surface area contributed by atoms with E-state index < -0.39 is 0 Å². The van der Waals surface area contributed by atoms with E-state index in [1.54, 1.807) is 31.0 Å². The molecular formula is C32H29Br2Cl2Co2N8Ni-. The van der Waals surface area contributed by atoms with Crippen LogP contribution in [0.4, 0.5) is 0 Å². The third-order valence-electron chi connectivity index (χ3n) is 5.28. The molecule has 0 saturated carbocycles. The molecule has 0 bridgehead atoms. The summed E-state index contributed by atoms with van der Waals surface area (Å²) in [5.74, 6) is 0. The summed E-state index contributed by atoms with van der Waals surface area (Å²) in [7, 11) is 0. The normalized spacial score (nSPS) is 8.26. The fourth-order valence-electron chi connectivity index (χ4n) is 3.50. The van der Waals surface area contributed by atoms with Gasteiger partial charge in [0.25, 0.3) is 0 Å². The second-order valence-corrected chi connectivity index (χ2v) is 7.96. The van der Waals surface area contributed by atoms with Gasteiger partial charge in [-0.3, -0.25) is 19.9 Å². The Kier molecular flexibility index (Phi) is 32.0. The molecule has 6 heterocycles. The Morgan fingerprint density at radius 2 is 0.638 bits per heavy atom. The Balaban J connectivity index is -0.000000312. The van der Waals surface area contributed by atoms with Gasteiger partial charge in [0, 0.05) is 74.8 Å². The topological polar surface area (TPSA) is 125 Å². The molecule has 0 fully saturated rings. The first-order valence-corrected chi connectivity index (χ1v) is 12.3. The smallest absolute Gasteiger partial charge is 0.0894 e. The van der Waals surface area contributed by atoms with Gasteiger partial charge in [-0.15, -0.1) is 65.0 Å². The number of pyridine rings is 6. The van der Waals surface area contributed by atoms with E-state index in [0.29, 0.717) is 0 Å². The van der Waals surface area contributed by atoms with Crippen molar-refractivity contribution in [2.75, 3.05) is 0 Å². The molecule has 47 heavy (non-hydrogen) atoms. The van der Waals surface area contributed by atoms with E-state index >= 15 is 0 Å². The first-order valence-electron chi connectivity index (χ1n) is 12.3. The summed E-state index contributed by atoms with van der Waals surface area (Å²) < 4.78 is 0. The molecule has 0 aromatic carbocycles. The van der Waals surface area contributed by atoms with Gasteiger partial charge in [-0.05, 0) is 72.8 Å². The zero-order chi connectivity index (χ0) is 27.8. The summed E-state index contributed by atoms with van der Waals surface area (Å²) in [4.78, 5) is 26.4. The summed E-state index contributed by atoms with van der Waals surface area (Å²) in [5.41, 5.74) is 6.92. The number of nitrogens with one attached hydrogen (secondary N) is 2. The quantitative estimate of drug-likeness (QED) is 0.102. The van der Waals surface area contributed by atoms with Crippen LogP contribution in [0.3, 0.4) is 0 Å². The summed E-state index contributed by atoms with van der Waals surface area (Å²) >= 11 is 0. The van der Waals surface area contributed by atoms with Gasteiger partial charge in [-0.25, -0.2) is 9.97 Å². The Bertz CT molecular complexity index is 1420. The molecule has 6 rings (SSSR count). The number of hydrogen-bond acceptors (Lipinski definition) is 8. The summed E-state index contributed by atoms with van der Waals surface area (Å²) in [5, 5.41) is 12.0. The van der Waals surface area contributed by atoms with Gasteiger partial charge >= 0.3 is 0 Å². The van der Waals surface area contributed by atoms with Crippen molar-refractivity contribution in [1.29, 1.82) is 10.8 Å². The number of hydrogen-bond donors (Lipinski definition) is 2. The molecule has 15 heteroatoms. The predicted molar refractivity (Wildman–Crippen MR) is 193 cm³/mol. The second kappa shape index (κ2) is 29.4. The predicted octanol–water partition coefficient (Wildman–Crippen LogP) is 8.57. The Hall–Kier alpha value is -2.71. The SMILES string of the molecule is Br.Br.Cl.Cl.N=[C-]C=N.[Co].[Co].[Ni].c1ccc(-c2cccc(-c3ccccn3)n2)nc1.c1ccc(-c2cccc(-c3ccccn3)n2)nc1. The molecule has 2 N–H and O–H groups in total. The van der Waals surface area contributed by atoms with E-state index in [1.165, 1.54) is 0 Å². The van der Waals surface area contributed by atoms with Crippen LogP contribution in [-0.4, -0.2) is 42.3 Å². The Morgan fingerprint density at radius 3 is 0.809 bits per heavy atom. The molecule has 8 nitrogen and oxygen atoms in total. The summed E-state index contributed by atoms with van der Waals surface area (Å²) in [6.45, 7) is 0. The summed E-state index contributed by atoms with van der Waals surface area (Å²) in [6.07, 6.45) is 9.59. The first kappa shape index (κ1) is 51.1. The molecule has 0 atom stereocenters. The average molecular weight is 933 g/mol. The zero-order valence-electron chi connectivity index (χ0n) is 24.1. The van der Waals surface area contributed by atoms with E-state index in [4.69, 9.17) is 10.8 Å². The van der Waals surface area contributed by atoms with Crippen molar-refractivity contribution in [1.82, 2.24) is 29.9 Å². The second-order valence-electron chi connectivity index (χ2n) is 7.96. The zero-order valence-corrected chi connectivity index (χ0v) is 32.2. The molecular weight excluding hydrogens is 904 g/mol.